The van der Waals surface area contributed by atoms with E-state index in [1.54, 1.807) is 18.3 Å². The van der Waals surface area contributed by atoms with Crippen LogP contribution in [0.15, 0.2) is 48.7 Å². The smallest absolute Gasteiger partial charge is 0.311 e. The first kappa shape index (κ1) is 19.9. The molecule has 4 heteroatoms. The number of carbonyl (C=O) groups is 2. The molecule has 1 unspecified atom stereocenters. The number of hydrogen-bond donors (Lipinski definition) is 2. The number of rotatable bonds is 6. The molecule has 0 aliphatic heterocycles. The Morgan fingerprint density at radius 1 is 1.07 bits per heavy atom. The Balaban J connectivity index is 1.90. The first-order valence-electron chi connectivity index (χ1n) is 9.67. The fraction of sp³-hybridized carbons (Fsp3) is 0.333. The van der Waals surface area contributed by atoms with Gasteiger partial charge >= 0.3 is 5.97 Å². The van der Waals surface area contributed by atoms with Crippen molar-refractivity contribution in [1.82, 2.24) is 4.98 Å². The molecule has 2 N–H and O–H groups in total. The third-order valence-corrected chi connectivity index (χ3v) is 5.35. The van der Waals surface area contributed by atoms with Crippen LogP contribution in [0.2, 0.25) is 0 Å². The highest BCUT2D eigenvalue weighted by atomic mass is 16.4. The van der Waals surface area contributed by atoms with Crippen LogP contribution in [-0.4, -0.2) is 21.8 Å². The van der Waals surface area contributed by atoms with E-state index < -0.39 is 11.9 Å². The lowest BCUT2D eigenvalue weighted by molar-refractivity contribution is -0.138. The van der Waals surface area contributed by atoms with Gasteiger partial charge in [-0.3, -0.25) is 9.59 Å². The van der Waals surface area contributed by atoms with Gasteiger partial charge in [0.25, 0.3) is 0 Å². The Hall–Kier alpha value is -2.88. The molecule has 3 rings (SSSR count). The minimum atomic E-state index is -0.984. The second kappa shape index (κ2) is 7.63. The summed E-state index contributed by atoms with van der Waals surface area (Å²) in [6.45, 7) is 8.41. The number of carboxylic acids is 1. The van der Waals surface area contributed by atoms with Gasteiger partial charge in [-0.05, 0) is 28.5 Å². The maximum Gasteiger partial charge on any atom is 0.311 e. The molecule has 0 bridgehead atoms. The first-order chi connectivity index (χ1) is 13.2. The van der Waals surface area contributed by atoms with Gasteiger partial charge in [0.15, 0.2) is 5.78 Å². The Kier molecular flexibility index (Phi) is 5.41. The molecule has 0 saturated heterocycles. The molecule has 0 aliphatic rings. The van der Waals surface area contributed by atoms with Crippen molar-refractivity contribution in [3.63, 3.8) is 0 Å². The van der Waals surface area contributed by atoms with Crippen LogP contribution in [0.4, 0.5) is 0 Å². The average Bonchev–Trinajstić information content (AvgIpc) is 3.09. The fourth-order valence-electron chi connectivity index (χ4n) is 3.61. The summed E-state index contributed by atoms with van der Waals surface area (Å²) in [5.74, 6) is -2.02. The second-order valence-electron chi connectivity index (χ2n) is 8.28. The molecule has 0 aliphatic carbocycles. The van der Waals surface area contributed by atoms with Crippen LogP contribution in [0.1, 0.15) is 67.1 Å². The number of aryl methyl sites for hydroxylation is 1. The van der Waals surface area contributed by atoms with Crippen LogP contribution in [0, 0.1) is 0 Å². The molecule has 28 heavy (non-hydrogen) atoms. The molecule has 0 radical (unpaired) electrons. The van der Waals surface area contributed by atoms with Crippen LogP contribution < -0.4 is 0 Å². The highest BCUT2D eigenvalue weighted by Gasteiger charge is 2.27. The predicted octanol–water partition coefficient (Wildman–Crippen LogP) is 5.47. The van der Waals surface area contributed by atoms with Gasteiger partial charge in [0, 0.05) is 29.1 Å². The van der Waals surface area contributed by atoms with Crippen LogP contribution in [-0.2, 0) is 16.6 Å². The first-order valence-corrected chi connectivity index (χ1v) is 9.67. The number of nitrogens with one attached hydrogen (secondary N) is 1. The second-order valence-corrected chi connectivity index (χ2v) is 8.28. The lowest BCUT2D eigenvalue weighted by Gasteiger charge is -2.19. The summed E-state index contributed by atoms with van der Waals surface area (Å²) in [6, 6.07) is 13.4. The van der Waals surface area contributed by atoms with Crippen LogP contribution >= 0.6 is 0 Å². The lowest BCUT2D eigenvalue weighted by Crippen LogP contribution is -2.16. The average molecular weight is 377 g/mol. The van der Waals surface area contributed by atoms with Crippen LogP contribution in [0.5, 0.6) is 0 Å². The summed E-state index contributed by atoms with van der Waals surface area (Å²) in [5.41, 5.74) is 4.45. The van der Waals surface area contributed by atoms with E-state index >= 15 is 0 Å². The Bertz CT molecular complexity index is 1010. The van der Waals surface area contributed by atoms with Crippen molar-refractivity contribution in [3.05, 3.63) is 70.9 Å². The van der Waals surface area contributed by atoms with E-state index in [4.69, 9.17) is 0 Å². The van der Waals surface area contributed by atoms with Crippen molar-refractivity contribution in [2.24, 2.45) is 0 Å². The number of carbonyl (C=O) groups excluding carboxylic acids is 1. The highest BCUT2D eigenvalue weighted by molar-refractivity contribution is 6.00. The number of Topliss-reactive ketones (excluding diaryl/α,β-unsaturated/α-hetero) is 1. The van der Waals surface area contributed by atoms with Gasteiger partial charge in [-0.15, -0.1) is 0 Å². The monoisotopic (exact) mass is 377 g/mol. The Morgan fingerprint density at radius 2 is 1.75 bits per heavy atom. The molecular weight excluding hydrogens is 350 g/mol. The van der Waals surface area contributed by atoms with Crippen molar-refractivity contribution >= 4 is 22.7 Å². The van der Waals surface area contributed by atoms with Gasteiger partial charge in [-0.2, -0.15) is 0 Å². The van der Waals surface area contributed by atoms with Crippen molar-refractivity contribution < 1.29 is 14.7 Å². The SMILES string of the molecule is CCc1cccc2c(C(CC(=O)c3ccc(C(C)(C)C)cc3)C(=O)O)c[nH]c12. The topological polar surface area (TPSA) is 70.2 Å². The van der Waals surface area contributed by atoms with Crippen LogP contribution in [0.25, 0.3) is 10.9 Å². The van der Waals surface area contributed by atoms with E-state index in [-0.39, 0.29) is 17.6 Å². The summed E-state index contributed by atoms with van der Waals surface area (Å²) in [5, 5.41) is 10.7. The normalized spacial score (nSPS) is 12.9. The van der Waals surface area contributed by atoms with Crippen LogP contribution in [0.3, 0.4) is 0 Å². The molecule has 1 atom stereocenters. The number of ketones is 1. The van der Waals surface area contributed by atoms with E-state index in [2.05, 4.69) is 32.7 Å². The van der Waals surface area contributed by atoms with Gasteiger partial charge < -0.3 is 10.1 Å². The molecule has 4 nitrogen and oxygen atoms in total. The Labute approximate surface area is 165 Å². The Morgan fingerprint density at radius 3 is 2.32 bits per heavy atom. The van der Waals surface area contributed by atoms with Gasteiger partial charge in [-0.1, -0.05) is 70.2 Å². The third-order valence-electron chi connectivity index (χ3n) is 5.35. The van der Waals surface area contributed by atoms with E-state index in [1.807, 2.05) is 30.3 Å². The molecule has 0 saturated carbocycles. The molecule has 0 fully saturated rings. The minimum Gasteiger partial charge on any atom is -0.481 e. The fourth-order valence-corrected chi connectivity index (χ4v) is 3.61. The number of fused-ring (bicyclic) bond motifs is 1. The molecule has 1 aromatic heterocycles. The van der Waals surface area contributed by atoms with E-state index in [0.29, 0.717) is 11.1 Å². The zero-order valence-electron chi connectivity index (χ0n) is 16.9. The van der Waals surface area contributed by atoms with Gasteiger partial charge in [-0.25, -0.2) is 0 Å². The van der Waals surface area contributed by atoms with Crippen molar-refractivity contribution in [3.8, 4) is 0 Å². The van der Waals surface area contributed by atoms with Crippen molar-refractivity contribution in [1.29, 1.82) is 0 Å². The largest absolute Gasteiger partial charge is 0.481 e. The number of hydrogen-bond acceptors (Lipinski definition) is 2. The minimum absolute atomic E-state index is 0.00615. The van der Waals surface area contributed by atoms with Crippen molar-refractivity contribution in [2.75, 3.05) is 0 Å². The van der Waals surface area contributed by atoms with E-state index in [0.717, 1.165) is 28.5 Å². The number of para-hydroxylation sites is 1. The quantitative estimate of drug-likeness (QED) is 0.560. The molecule has 2 aromatic carbocycles. The number of H-pyrrole nitrogens is 1. The zero-order valence-corrected chi connectivity index (χ0v) is 16.9. The molecule has 1 heterocycles. The standard InChI is InChI=1S/C24H27NO3/c1-5-15-7-6-8-18-20(14-25-22(15)18)19(23(27)28)13-21(26)16-9-11-17(12-10-16)24(2,3)4/h6-12,14,19,25H,5,13H2,1-4H3,(H,27,28). The summed E-state index contributed by atoms with van der Waals surface area (Å²) in [6.07, 6.45) is 2.53. The molecule has 146 valence electrons. The summed E-state index contributed by atoms with van der Waals surface area (Å²) in [7, 11) is 0. The lowest BCUT2D eigenvalue weighted by atomic mass is 9.85. The van der Waals surface area contributed by atoms with Gasteiger partial charge in [0.1, 0.15) is 0 Å². The van der Waals surface area contributed by atoms with Gasteiger partial charge in [0.2, 0.25) is 0 Å². The zero-order chi connectivity index (χ0) is 20.5. The number of aromatic amines is 1. The number of aliphatic carboxylic acids is 1. The molecular formula is C24H27NO3. The van der Waals surface area contributed by atoms with Gasteiger partial charge in [0.05, 0.1) is 5.92 Å². The number of aromatic nitrogens is 1. The maximum atomic E-state index is 12.8. The number of carboxylic acid groups (broad SMARTS) is 1. The van der Waals surface area contributed by atoms with E-state index in [1.165, 1.54) is 0 Å². The molecule has 0 spiro atoms. The highest BCUT2D eigenvalue weighted by Crippen LogP contribution is 2.31. The summed E-state index contributed by atoms with van der Waals surface area (Å²) >= 11 is 0. The molecule has 0 amide bonds. The predicted molar refractivity (Wildman–Crippen MR) is 112 cm³/mol. The maximum absolute atomic E-state index is 12.8. The summed E-state index contributed by atoms with van der Waals surface area (Å²) in [4.78, 5) is 28.0. The van der Waals surface area contributed by atoms with Crippen molar-refractivity contribution in [2.45, 2.75) is 51.9 Å². The number of benzene rings is 2. The third kappa shape index (κ3) is 3.86. The molecule has 3 aromatic rings. The van der Waals surface area contributed by atoms with E-state index in [9.17, 15) is 14.7 Å². The summed E-state index contributed by atoms with van der Waals surface area (Å²) < 4.78 is 0.